The largest absolute Gasteiger partial charge is 0.266 e. The first kappa shape index (κ1) is 12.6. The molecule has 2 heterocycles. The van der Waals surface area contributed by atoms with Gasteiger partial charge in [-0.15, -0.1) is 10.2 Å². The Morgan fingerprint density at radius 2 is 1.95 bits per heavy atom. The maximum Gasteiger partial charge on any atom is 0.165 e. The molecule has 6 heteroatoms. The van der Waals surface area contributed by atoms with E-state index in [2.05, 4.69) is 43.2 Å². The first-order valence-electron chi connectivity index (χ1n) is 5.75. The second-order valence-corrected chi connectivity index (χ2v) is 5.54. The average molecular weight is 338 g/mol. The zero-order valence-electron chi connectivity index (χ0n) is 10.1. The van der Waals surface area contributed by atoms with Crippen LogP contribution in [-0.4, -0.2) is 19.6 Å². The summed E-state index contributed by atoms with van der Waals surface area (Å²) < 4.78 is 2.99. The molecule has 1 aromatic carbocycles. The molecule has 3 aromatic rings. The van der Waals surface area contributed by atoms with Gasteiger partial charge in [0.15, 0.2) is 5.65 Å². The summed E-state index contributed by atoms with van der Waals surface area (Å²) in [5.74, 6) is 1.65. The predicted octanol–water partition coefficient (Wildman–Crippen LogP) is 3.44. The van der Waals surface area contributed by atoms with E-state index in [0.29, 0.717) is 11.6 Å². The number of rotatable bonds is 2. The van der Waals surface area contributed by atoms with E-state index in [1.807, 2.05) is 23.5 Å². The van der Waals surface area contributed by atoms with Gasteiger partial charge in [-0.1, -0.05) is 39.7 Å². The van der Waals surface area contributed by atoms with E-state index in [1.165, 1.54) is 5.56 Å². The van der Waals surface area contributed by atoms with Gasteiger partial charge in [0.1, 0.15) is 16.8 Å². The van der Waals surface area contributed by atoms with Gasteiger partial charge in [-0.2, -0.15) is 0 Å². The van der Waals surface area contributed by atoms with Crippen LogP contribution in [-0.2, 0) is 6.42 Å². The van der Waals surface area contributed by atoms with Crippen molar-refractivity contribution in [2.24, 2.45) is 0 Å². The van der Waals surface area contributed by atoms with Gasteiger partial charge in [0, 0.05) is 17.0 Å². The summed E-state index contributed by atoms with van der Waals surface area (Å²) in [6.45, 7) is 1.90. The van der Waals surface area contributed by atoms with Crippen molar-refractivity contribution in [2.45, 2.75) is 13.3 Å². The quantitative estimate of drug-likeness (QED) is 0.673. The number of halogens is 2. The molecule has 0 aliphatic carbocycles. The lowest BCUT2D eigenvalue weighted by Gasteiger charge is -2.04. The highest BCUT2D eigenvalue weighted by Crippen LogP contribution is 2.16. The maximum atomic E-state index is 5.91. The molecule has 0 unspecified atom stereocenters. The summed E-state index contributed by atoms with van der Waals surface area (Å²) in [5, 5.41) is 8.79. The fourth-order valence-electron chi connectivity index (χ4n) is 2.02. The van der Waals surface area contributed by atoms with Gasteiger partial charge < -0.3 is 0 Å². The van der Waals surface area contributed by atoms with Crippen LogP contribution in [0, 0.1) is 6.92 Å². The van der Waals surface area contributed by atoms with Crippen molar-refractivity contribution in [3.05, 3.63) is 57.2 Å². The van der Waals surface area contributed by atoms with Crippen LogP contribution in [0.15, 0.2) is 34.8 Å². The molecule has 0 N–H and O–H groups in total. The van der Waals surface area contributed by atoms with Crippen LogP contribution >= 0.6 is 27.5 Å². The number of fused-ring (bicyclic) bond motifs is 1. The molecule has 0 spiro atoms. The lowest BCUT2D eigenvalue weighted by molar-refractivity contribution is 0.884. The van der Waals surface area contributed by atoms with Crippen molar-refractivity contribution in [1.82, 2.24) is 19.6 Å². The van der Waals surface area contributed by atoms with Crippen LogP contribution in [0.3, 0.4) is 0 Å². The Labute approximate surface area is 123 Å². The fraction of sp³-hybridized carbons (Fsp3) is 0.154. The van der Waals surface area contributed by atoms with E-state index in [-0.39, 0.29) is 0 Å². The van der Waals surface area contributed by atoms with Crippen molar-refractivity contribution in [3.63, 3.8) is 0 Å². The van der Waals surface area contributed by atoms with Crippen molar-refractivity contribution in [3.8, 4) is 0 Å². The SMILES string of the molecule is Cc1nc(Cl)cc2nnc(Cc3ccc(Br)cc3)n12. The normalized spacial score (nSPS) is 11.1. The third kappa shape index (κ3) is 2.48. The van der Waals surface area contributed by atoms with Gasteiger partial charge >= 0.3 is 0 Å². The summed E-state index contributed by atoms with van der Waals surface area (Å²) in [6.07, 6.45) is 0.707. The molecule has 3 rings (SSSR count). The molecule has 0 amide bonds. The van der Waals surface area contributed by atoms with Crippen LogP contribution < -0.4 is 0 Å². The third-order valence-corrected chi connectivity index (χ3v) is 3.59. The van der Waals surface area contributed by atoms with Crippen molar-refractivity contribution in [2.75, 3.05) is 0 Å². The Kier molecular flexibility index (Phi) is 3.24. The summed E-state index contributed by atoms with van der Waals surface area (Å²) in [4.78, 5) is 4.23. The summed E-state index contributed by atoms with van der Waals surface area (Å²) >= 11 is 9.34. The van der Waals surface area contributed by atoms with Crippen molar-refractivity contribution < 1.29 is 0 Å². The van der Waals surface area contributed by atoms with E-state index in [4.69, 9.17) is 11.6 Å². The van der Waals surface area contributed by atoms with Gasteiger partial charge in [-0.05, 0) is 24.6 Å². The predicted molar refractivity (Wildman–Crippen MR) is 77.5 cm³/mol. The van der Waals surface area contributed by atoms with Gasteiger partial charge in [0.05, 0.1) is 0 Å². The zero-order chi connectivity index (χ0) is 13.4. The summed E-state index contributed by atoms with van der Waals surface area (Å²) in [6, 6.07) is 9.86. The number of aryl methyl sites for hydroxylation is 1. The van der Waals surface area contributed by atoms with E-state index in [0.717, 1.165) is 21.8 Å². The van der Waals surface area contributed by atoms with Crippen LogP contribution in [0.2, 0.25) is 5.15 Å². The van der Waals surface area contributed by atoms with Crippen LogP contribution in [0.1, 0.15) is 17.2 Å². The number of hydrogen-bond acceptors (Lipinski definition) is 3. The molecular weight excluding hydrogens is 328 g/mol. The van der Waals surface area contributed by atoms with E-state index in [1.54, 1.807) is 6.07 Å². The highest BCUT2D eigenvalue weighted by molar-refractivity contribution is 9.10. The molecule has 0 aliphatic heterocycles. The molecule has 2 aromatic heterocycles. The Balaban J connectivity index is 2.04. The molecule has 0 bridgehead atoms. The second kappa shape index (κ2) is 4.90. The molecule has 0 fully saturated rings. The minimum absolute atomic E-state index is 0.438. The topological polar surface area (TPSA) is 43.1 Å². The zero-order valence-corrected chi connectivity index (χ0v) is 12.5. The first-order chi connectivity index (χ1) is 9.13. The van der Waals surface area contributed by atoms with Crippen LogP contribution in [0.4, 0.5) is 0 Å². The minimum atomic E-state index is 0.438. The third-order valence-electron chi connectivity index (χ3n) is 2.87. The molecule has 0 saturated heterocycles. The lowest BCUT2D eigenvalue weighted by atomic mass is 10.1. The number of aromatic nitrogens is 4. The smallest absolute Gasteiger partial charge is 0.165 e. The molecule has 0 aliphatic rings. The summed E-state index contributed by atoms with van der Waals surface area (Å²) in [5.41, 5.74) is 1.90. The standard InChI is InChI=1S/C13H10BrClN4/c1-8-16-11(15)7-13-18-17-12(19(8)13)6-9-2-4-10(14)5-3-9/h2-5,7H,6H2,1H3. The van der Waals surface area contributed by atoms with Crippen LogP contribution in [0.25, 0.3) is 5.65 Å². The summed E-state index contributed by atoms with van der Waals surface area (Å²) in [7, 11) is 0. The average Bonchev–Trinajstić information content (AvgIpc) is 2.75. The highest BCUT2D eigenvalue weighted by atomic mass is 79.9. The monoisotopic (exact) mass is 336 g/mol. The maximum absolute atomic E-state index is 5.91. The molecular formula is C13H10BrClN4. The second-order valence-electron chi connectivity index (χ2n) is 4.24. The Morgan fingerprint density at radius 3 is 2.68 bits per heavy atom. The highest BCUT2D eigenvalue weighted by Gasteiger charge is 2.10. The fourth-order valence-corrected chi connectivity index (χ4v) is 2.50. The molecule has 0 atom stereocenters. The Hall–Kier alpha value is -1.46. The molecule has 0 radical (unpaired) electrons. The Bertz CT molecular complexity index is 736. The number of nitrogens with zero attached hydrogens (tertiary/aromatic N) is 4. The first-order valence-corrected chi connectivity index (χ1v) is 6.92. The van der Waals surface area contributed by atoms with E-state index in [9.17, 15) is 0 Å². The van der Waals surface area contributed by atoms with E-state index < -0.39 is 0 Å². The molecule has 19 heavy (non-hydrogen) atoms. The molecule has 96 valence electrons. The van der Waals surface area contributed by atoms with Crippen molar-refractivity contribution in [1.29, 1.82) is 0 Å². The van der Waals surface area contributed by atoms with Crippen molar-refractivity contribution >= 4 is 33.2 Å². The number of benzene rings is 1. The molecule has 4 nitrogen and oxygen atoms in total. The van der Waals surface area contributed by atoms with E-state index >= 15 is 0 Å². The van der Waals surface area contributed by atoms with Gasteiger partial charge in [-0.25, -0.2) is 4.98 Å². The van der Waals surface area contributed by atoms with Crippen LogP contribution in [0.5, 0.6) is 0 Å². The number of hydrogen-bond donors (Lipinski definition) is 0. The van der Waals surface area contributed by atoms with Gasteiger partial charge in [-0.3, -0.25) is 4.40 Å². The Morgan fingerprint density at radius 1 is 1.21 bits per heavy atom. The van der Waals surface area contributed by atoms with Gasteiger partial charge in [0.2, 0.25) is 0 Å². The molecule has 0 saturated carbocycles. The minimum Gasteiger partial charge on any atom is -0.266 e. The van der Waals surface area contributed by atoms with Gasteiger partial charge in [0.25, 0.3) is 0 Å². The lowest BCUT2D eigenvalue weighted by Crippen LogP contribution is -2.02.